The number of cyclic esters (lactones) is 2. The normalized spacial score (nSPS) is 21.9. The minimum atomic E-state index is -1.06. The molecule has 36 heavy (non-hydrogen) atoms. The van der Waals surface area contributed by atoms with Crippen LogP contribution >= 0.6 is 0 Å². The number of carbonyl (C=O) groups excluding carboxylic acids is 3. The molecule has 0 aliphatic carbocycles. The third kappa shape index (κ3) is 5.79. The fourth-order valence-corrected chi connectivity index (χ4v) is 5.74. The van der Waals surface area contributed by atoms with Crippen LogP contribution in [0.1, 0.15) is 95.9 Å². The minimum Gasteiger partial charge on any atom is -0.481 e. The number of carboxylic acids is 1. The quantitative estimate of drug-likeness (QED) is 0.260. The van der Waals surface area contributed by atoms with Gasteiger partial charge >= 0.3 is 17.9 Å². The highest BCUT2D eigenvalue weighted by molar-refractivity contribution is 5.97. The molecule has 1 saturated heterocycles. The maximum absolute atomic E-state index is 13.1. The fourth-order valence-electron chi connectivity index (χ4n) is 5.74. The van der Waals surface area contributed by atoms with Crippen molar-refractivity contribution in [1.29, 1.82) is 0 Å². The zero-order valence-corrected chi connectivity index (χ0v) is 24.4. The van der Waals surface area contributed by atoms with Gasteiger partial charge in [0.1, 0.15) is 0 Å². The lowest BCUT2D eigenvalue weighted by Crippen LogP contribution is -2.54. The fraction of sp³-hybridized carbons (Fsp3) is 0.857. The third-order valence-corrected chi connectivity index (χ3v) is 10.2. The van der Waals surface area contributed by atoms with Gasteiger partial charge in [-0.1, -0.05) is 69.2 Å². The zero-order valence-electron chi connectivity index (χ0n) is 24.4. The van der Waals surface area contributed by atoms with Crippen LogP contribution in [0.3, 0.4) is 0 Å². The Balaban J connectivity index is 3.52. The van der Waals surface area contributed by atoms with Gasteiger partial charge in [-0.3, -0.25) is 19.2 Å². The van der Waals surface area contributed by atoms with Gasteiger partial charge in [0.05, 0.1) is 23.7 Å². The van der Waals surface area contributed by atoms with E-state index in [1.165, 1.54) is 0 Å². The van der Waals surface area contributed by atoms with Crippen LogP contribution in [0.2, 0.25) is 0 Å². The van der Waals surface area contributed by atoms with E-state index in [4.69, 9.17) is 16.2 Å². The standard InChI is InChI=1S/C28H50N2O6/c1-15(2)18(21(32)33)16(20(29)31)13-24(3,4)27(9,10)26(7,8)19-17(22(34)36-23(19)35)14-25(5,6)28(11,12)30/h15-19H,13-14,30H2,1-12H3,(H2,29,31)(H,32,33). The summed E-state index contributed by atoms with van der Waals surface area (Å²) in [6.07, 6.45) is 0.597. The lowest BCUT2D eigenvalue weighted by atomic mass is 9.47. The summed E-state index contributed by atoms with van der Waals surface area (Å²) in [5, 5.41) is 9.85. The largest absolute Gasteiger partial charge is 0.481 e. The van der Waals surface area contributed by atoms with Crippen LogP contribution in [0.5, 0.6) is 0 Å². The molecule has 1 rings (SSSR count). The molecule has 1 aliphatic rings. The molecule has 4 atom stereocenters. The number of ether oxygens (including phenoxy) is 1. The molecule has 0 spiro atoms. The Morgan fingerprint density at radius 2 is 1.39 bits per heavy atom. The van der Waals surface area contributed by atoms with Gasteiger partial charge in [0.25, 0.3) is 0 Å². The first-order valence-corrected chi connectivity index (χ1v) is 12.9. The van der Waals surface area contributed by atoms with E-state index in [-0.39, 0.29) is 12.3 Å². The molecule has 8 nitrogen and oxygen atoms in total. The molecule has 4 unspecified atom stereocenters. The van der Waals surface area contributed by atoms with E-state index in [1.807, 2.05) is 69.2 Å². The summed E-state index contributed by atoms with van der Waals surface area (Å²) >= 11 is 0. The van der Waals surface area contributed by atoms with Gasteiger partial charge in [-0.2, -0.15) is 0 Å². The first-order valence-electron chi connectivity index (χ1n) is 12.9. The maximum Gasteiger partial charge on any atom is 0.318 e. The molecule has 1 amide bonds. The summed E-state index contributed by atoms with van der Waals surface area (Å²) in [4.78, 5) is 50.6. The number of amides is 1. The number of hydrogen-bond donors (Lipinski definition) is 3. The number of primary amides is 1. The Bertz CT molecular complexity index is 879. The molecule has 8 heteroatoms. The molecule has 0 saturated carbocycles. The lowest BCUT2D eigenvalue weighted by Gasteiger charge is -2.56. The summed E-state index contributed by atoms with van der Waals surface area (Å²) in [6, 6.07) is 0. The van der Waals surface area contributed by atoms with Crippen LogP contribution in [0, 0.1) is 51.2 Å². The predicted molar refractivity (Wildman–Crippen MR) is 139 cm³/mol. The van der Waals surface area contributed by atoms with Crippen molar-refractivity contribution in [1.82, 2.24) is 0 Å². The molecule has 5 N–H and O–H groups in total. The Kier molecular flexibility index (Phi) is 8.97. The summed E-state index contributed by atoms with van der Waals surface area (Å²) < 4.78 is 5.19. The predicted octanol–water partition coefficient (Wildman–Crippen LogP) is 4.38. The van der Waals surface area contributed by atoms with Crippen molar-refractivity contribution in [3.63, 3.8) is 0 Å². The summed E-state index contributed by atoms with van der Waals surface area (Å²) in [6.45, 7) is 23.1. The topological polar surface area (TPSA) is 150 Å². The molecule has 0 radical (unpaired) electrons. The average molecular weight is 511 g/mol. The molecule has 1 fully saturated rings. The van der Waals surface area contributed by atoms with Gasteiger partial charge in [-0.15, -0.1) is 0 Å². The maximum atomic E-state index is 13.1. The van der Waals surface area contributed by atoms with Crippen molar-refractivity contribution >= 4 is 23.8 Å². The van der Waals surface area contributed by atoms with Gasteiger partial charge in [-0.05, 0) is 54.3 Å². The number of hydrogen-bond acceptors (Lipinski definition) is 6. The third-order valence-electron chi connectivity index (χ3n) is 10.2. The second-order valence-electron chi connectivity index (χ2n) is 14.2. The SMILES string of the molecule is CC(C)C(C(=O)O)C(CC(C)(C)C(C)(C)C(C)(C)C1C(=O)OC(=O)C1CC(C)(C)C(C)(C)N)C(N)=O. The Labute approximate surface area is 217 Å². The zero-order chi connectivity index (χ0) is 28.8. The summed E-state index contributed by atoms with van der Waals surface area (Å²) in [7, 11) is 0. The molecule has 208 valence electrons. The van der Waals surface area contributed by atoms with E-state index >= 15 is 0 Å². The molecular weight excluding hydrogens is 460 g/mol. The second kappa shape index (κ2) is 10.1. The van der Waals surface area contributed by atoms with E-state index in [2.05, 4.69) is 0 Å². The van der Waals surface area contributed by atoms with Crippen molar-refractivity contribution in [2.75, 3.05) is 0 Å². The highest BCUT2D eigenvalue weighted by Crippen LogP contribution is 2.61. The minimum absolute atomic E-state index is 0.218. The van der Waals surface area contributed by atoms with Crippen molar-refractivity contribution in [2.24, 2.45) is 62.7 Å². The van der Waals surface area contributed by atoms with E-state index in [1.54, 1.807) is 13.8 Å². The monoisotopic (exact) mass is 510 g/mol. The van der Waals surface area contributed by atoms with Crippen LogP contribution in [0.4, 0.5) is 0 Å². The first-order chi connectivity index (χ1) is 15.8. The smallest absolute Gasteiger partial charge is 0.318 e. The summed E-state index contributed by atoms with van der Waals surface area (Å²) in [5.74, 6) is -6.32. The van der Waals surface area contributed by atoms with Crippen molar-refractivity contribution in [3.05, 3.63) is 0 Å². The number of carboxylic acid groups (broad SMARTS) is 1. The number of carbonyl (C=O) groups is 4. The molecule has 0 aromatic heterocycles. The molecule has 1 aliphatic heterocycles. The second-order valence-corrected chi connectivity index (χ2v) is 14.2. The van der Waals surface area contributed by atoms with Crippen molar-refractivity contribution in [2.45, 2.75) is 101 Å². The van der Waals surface area contributed by atoms with Crippen molar-refractivity contribution < 1.29 is 29.0 Å². The van der Waals surface area contributed by atoms with E-state index in [9.17, 15) is 24.3 Å². The van der Waals surface area contributed by atoms with Gasteiger partial charge in [0, 0.05) is 5.54 Å². The van der Waals surface area contributed by atoms with Crippen LogP contribution in [0.25, 0.3) is 0 Å². The lowest BCUT2D eigenvalue weighted by molar-refractivity contribution is -0.158. The highest BCUT2D eigenvalue weighted by Gasteiger charge is 2.61. The highest BCUT2D eigenvalue weighted by atomic mass is 16.6. The van der Waals surface area contributed by atoms with Crippen LogP contribution < -0.4 is 11.5 Å². The number of aliphatic carboxylic acids is 1. The number of nitrogens with two attached hydrogens (primary N) is 2. The van der Waals surface area contributed by atoms with Crippen molar-refractivity contribution in [3.8, 4) is 0 Å². The Morgan fingerprint density at radius 1 is 0.917 bits per heavy atom. The van der Waals surface area contributed by atoms with Crippen LogP contribution in [-0.2, 0) is 23.9 Å². The average Bonchev–Trinajstić information content (AvgIpc) is 2.92. The van der Waals surface area contributed by atoms with E-state index in [0.29, 0.717) is 6.42 Å². The van der Waals surface area contributed by atoms with E-state index in [0.717, 1.165) is 0 Å². The van der Waals surface area contributed by atoms with Crippen LogP contribution in [0.15, 0.2) is 0 Å². The molecule has 0 bridgehead atoms. The van der Waals surface area contributed by atoms with Gasteiger partial charge in [-0.25, -0.2) is 0 Å². The molecular formula is C28H50N2O6. The van der Waals surface area contributed by atoms with E-state index < -0.39 is 74.7 Å². The van der Waals surface area contributed by atoms with Gasteiger partial charge < -0.3 is 21.3 Å². The Hall–Kier alpha value is -1.96. The number of esters is 2. The molecule has 1 heterocycles. The Morgan fingerprint density at radius 3 is 1.75 bits per heavy atom. The van der Waals surface area contributed by atoms with Crippen LogP contribution in [-0.4, -0.2) is 34.5 Å². The summed E-state index contributed by atoms with van der Waals surface area (Å²) in [5.41, 5.74) is 9.03. The van der Waals surface area contributed by atoms with Gasteiger partial charge in [0.2, 0.25) is 5.91 Å². The van der Waals surface area contributed by atoms with Gasteiger partial charge in [0.15, 0.2) is 0 Å². The molecule has 0 aromatic carbocycles. The molecule has 0 aromatic rings. The number of rotatable bonds is 12. The first kappa shape index (κ1) is 32.1.